The lowest BCUT2D eigenvalue weighted by Crippen LogP contribution is -2.32. The fourth-order valence-electron chi connectivity index (χ4n) is 3.30. The molecule has 0 saturated heterocycles. The average molecular weight is 280 g/mol. The predicted octanol–water partition coefficient (Wildman–Crippen LogP) is 3.57. The van der Waals surface area contributed by atoms with E-state index in [4.69, 9.17) is 0 Å². The molecule has 0 amide bonds. The molecule has 0 aliphatic heterocycles. The Balaban J connectivity index is 1.69. The standard InChI is InChI=1S/C19H24N2/c1-21(2)19(16-9-4-3-5-10-16)14-20-18-13-12-15-8-6-7-11-17(15)18/h3-11,18-20H,12-14H2,1-2H3. The van der Waals surface area contributed by atoms with Gasteiger partial charge in [0.2, 0.25) is 0 Å². The Morgan fingerprint density at radius 1 is 1.05 bits per heavy atom. The van der Waals surface area contributed by atoms with Gasteiger partial charge >= 0.3 is 0 Å². The van der Waals surface area contributed by atoms with Gasteiger partial charge in [-0.15, -0.1) is 0 Å². The highest BCUT2D eigenvalue weighted by Crippen LogP contribution is 2.31. The topological polar surface area (TPSA) is 15.3 Å². The molecule has 2 heteroatoms. The molecule has 3 rings (SSSR count). The molecule has 1 aliphatic carbocycles. The lowest BCUT2D eigenvalue weighted by atomic mass is 10.0. The summed E-state index contributed by atoms with van der Waals surface area (Å²) < 4.78 is 0. The first kappa shape index (κ1) is 14.3. The van der Waals surface area contributed by atoms with Crippen molar-refractivity contribution < 1.29 is 0 Å². The number of hydrogen-bond donors (Lipinski definition) is 1. The second-order valence-electron chi connectivity index (χ2n) is 6.09. The van der Waals surface area contributed by atoms with Gasteiger partial charge in [-0.2, -0.15) is 0 Å². The summed E-state index contributed by atoms with van der Waals surface area (Å²) in [5.41, 5.74) is 4.38. The van der Waals surface area contributed by atoms with Gasteiger partial charge in [-0.1, -0.05) is 54.6 Å². The maximum Gasteiger partial charge on any atom is 0.0467 e. The van der Waals surface area contributed by atoms with Gasteiger partial charge < -0.3 is 10.2 Å². The Kier molecular flexibility index (Phi) is 4.37. The predicted molar refractivity (Wildman–Crippen MR) is 88.4 cm³/mol. The number of rotatable bonds is 5. The van der Waals surface area contributed by atoms with Gasteiger partial charge in [-0.05, 0) is 43.6 Å². The van der Waals surface area contributed by atoms with Crippen molar-refractivity contribution in [3.8, 4) is 0 Å². The van der Waals surface area contributed by atoms with Crippen LogP contribution in [0.15, 0.2) is 54.6 Å². The monoisotopic (exact) mass is 280 g/mol. The van der Waals surface area contributed by atoms with E-state index in [0.717, 1.165) is 6.54 Å². The normalized spacial score (nSPS) is 18.7. The Morgan fingerprint density at radius 3 is 2.52 bits per heavy atom. The second-order valence-corrected chi connectivity index (χ2v) is 6.09. The molecule has 1 aliphatic rings. The summed E-state index contributed by atoms with van der Waals surface area (Å²) in [7, 11) is 4.31. The summed E-state index contributed by atoms with van der Waals surface area (Å²) in [5.74, 6) is 0. The molecule has 1 N–H and O–H groups in total. The van der Waals surface area contributed by atoms with Gasteiger partial charge in [-0.3, -0.25) is 0 Å². The largest absolute Gasteiger partial charge is 0.308 e. The molecule has 21 heavy (non-hydrogen) atoms. The van der Waals surface area contributed by atoms with Crippen LogP contribution in [-0.4, -0.2) is 25.5 Å². The first-order valence-corrected chi connectivity index (χ1v) is 7.78. The summed E-state index contributed by atoms with van der Waals surface area (Å²) in [6, 6.07) is 20.5. The fourth-order valence-corrected chi connectivity index (χ4v) is 3.30. The second kappa shape index (κ2) is 6.42. The molecular formula is C19H24N2. The van der Waals surface area contributed by atoms with Crippen molar-refractivity contribution in [2.24, 2.45) is 0 Å². The van der Waals surface area contributed by atoms with Crippen LogP contribution in [-0.2, 0) is 6.42 Å². The van der Waals surface area contributed by atoms with Crippen molar-refractivity contribution in [2.45, 2.75) is 24.9 Å². The molecule has 2 aromatic rings. The van der Waals surface area contributed by atoms with Crippen molar-refractivity contribution in [3.05, 3.63) is 71.3 Å². The zero-order chi connectivity index (χ0) is 14.7. The Bertz CT molecular complexity index is 577. The van der Waals surface area contributed by atoms with Crippen LogP contribution in [0.5, 0.6) is 0 Å². The Hall–Kier alpha value is -1.64. The number of nitrogens with zero attached hydrogens (tertiary/aromatic N) is 1. The van der Waals surface area contributed by atoms with E-state index in [1.54, 1.807) is 0 Å². The maximum atomic E-state index is 3.78. The lowest BCUT2D eigenvalue weighted by molar-refractivity contribution is 0.279. The number of likely N-dealkylation sites (N-methyl/N-ethyl adjacent to an activating group) is 1. The number of benzene rings is 2. The van der Waals surface area contributed by atoms with E-state index < -0.39 is 0 Å². The number of fused-ring (bicyclic) bond motifs is 1. The van der Waals surface area contributed by atoms with Gasteiger partial charge in [0.15, 0.2) is 0 Å². The van der Waals surface area contributed by atoms with Crippen LogP contribution in [0.4, 0.5) is 0 Å². The van der Waals surface area contributed by atoms with Crippen molar-refractivity contribution in [1.82, 2.24) is 10.2 Å². The van der Waals surface area contributed by atoms with Crippen LogP contribution in [0.25, 0.3) is 0 Å². The first-order valence-electron chi connectivity index (χ1n) is 7.78. The molecule has 110 valence electrons. The van der Waals surface area contributed by atoms with Crippen LogP contribution in [0.1, 0.15) is 35.2 Å². The molecule has 2 unspecified atom stereocenters. The van der Waals surface area contributed by atoms with Crippen molar-refractivity contribution >= 4 is 0 Å². The number of nitrogens with one attached hydrogen (secondary N) is 1. The van der Waals surface area contributed by atoms with Crippen LogP contribution in [0.3, 0.4) is 0 Å². The van der Waals surface area contributed by atoms with E-state index in [1.807, 2.05) is 0 Å². The molecule has 0 heterocycles. The third kappa shape index (κ3) is 3.17. The lowest BCUT2D eigenvalue weighted by Gasteiger charge is -2.27. The van der Waals surface area contributed by atoms with E-state index in [1.165, 1.54) is 29.5 Å². The summed E-state index contributed by atoms with van der Waals surface area (Å²) in [6.45, 7) is 0.982. The molecular weight excluding hydrogens is 256 g/mol. The molecule has 2 atom stereocenters. The SMILES string of the molecule is CN(C)C(CNC1CCc2ccccc21)c1ccccc1. The quantitative estimate of drug-likeness (QED) is 0.901. The minimum Gasteiger partial charge on any atom is -0.308 e. The van der Waals surface area contributed by atoms with Crippen LogP contribution < -0.4 is 5.32 Å². The van der Waals surface area contributed by atoms with Crippen molar-refractivity contribution in [3.63, 3.8) is 0 Å². The average Bonchev–Trinajstić information content (AvgIpc) is 2.92. The van der Waals surface area contributed by atoms with Gasteiger partial charge in [0.05, 0.1) is 0 Å². The van der Waals surface area contributed by atoms with Crippen LogP contribution >= 0.6 is 0 Å². The third-order valence-corrected chi connectivity index (χ3v) is 4.50. The van der Waals surface area contributed by atoms with Crippen molar-refractivity contribution in [1.29, 1.82) is 0 Å². The Morgan fingerprint density at radius 2 is 1.76 bits per heavy atom. The van der Waals surface area contributed by atoms with Crippen LogP contribution in [0, 0.1) is 0 Å². The highest BCUT2D eigenvalue weighted by atomic mass is 15.1. The zero-order valence-electron chi connectivity index (χ0n) is 12.9. The highest BCUT2D eigenvalue weighted by Gasteiger charge is 2.23. The molecule has 2 nitrogen and oxygen atoms in total. The van der Waals surface area contributed by atoms with Gasteiger partial charge in [0, 0.05) is 18.6 Å². The van der Waals surface area contributed by atoms with Gasteiger partial charge in [0.1, 0.15) is 0 Å². The van der Waals surface area contributed by atoms with E-state index in [2.05, 4.69) is 78.9 Å². The molecule has 0 fully saturated rings. The third-order valence-electron chi connectivity index (χ3n) is 4.50. The summed E-state index contributed by atoms with van der Waals surface area (Å²) in [5, 5.41) is 3.78. The molecule has 2 aromatic carbocycles. The van der Waals surface area contributed by atoms with E-state index in [0.29, 0.717) is 12.1 Å². The number of hydrogen-bond acceptors (Lipinski definition) is 2. The highest BCUT2D eigenvalue weighted by molar-refractivity contribution is 5.34. The first-order chi connectivity index (χ1) is 10.3. The summed E-state index contributed by atoms with van der Waals surface area (Å²) in [4.78, 5) is 2.29. The molecule has 0 spiro atoms. The van der Waals surface area contributed by atoms with Gasteiger partial charge in [0.25, 0.3) is 0 Å². The van der Waals surface area contributed by atoms with Crippen LogP contribution in [0.2, 0.25) is 0 Å². The summed E-state index contributed by atoms with van der Waals surface area (Å²) >= 11 is 0. The molecule has 0 saturated carbocycles. The molecule has 0 bridgehead atoms. The van der Waals surface area contributed by atoms with Crippen molar-refractivity contribution in [2.75, 3.05) is 20.6 Å². The molecule has 0 radical (unpaired) electrons. The van der Waals surface area contributed by atoms with E-state index in [9.17, 15) is 0 Å². The summed E-state index contributed by atoms with van der Waals surface area (Å²) in [6.07, 6.45) is 2.42. The smallest absolute Gasteiger partial charge is 0.0467 e. The molecule has 0 aromatic heterocycles. The number of aryl methyl sites for hydroxylation is 1. The maximum absolute atomic E-state index is 3.78. The fraction of sp³-hybridized carbons (Fsp3) is 0.368. The van der Waals surface area contributed by atoms with E-state index >= 15 is 0 Å². The Labute approximate surface area is 127 Å². The minimum absolute atomic E-state index is 0.416. The minimum atomic E-state index is 0.416. The zero-order valence-corrected chi connectivity index (χ0v) is 12.9. The van der Waals surface area contributed by atoms with E-state index in [-0.39, 0.29) is 0 Å². The van der Waals surface area contributed by atoms with Gasteiger partial charge in [-0.25, -0.2) is 0 Å².